The second-order valence-corrected chi connectivity index (χ2v) is 9.67. The molecule has 0 radical (unpaired) electrons. The molecule has 0 aliphatic heterocycles. The molecule has 4 aromatic rings. The van der Waals surface area contributed by atoms with Crippen LogP contribution in [0, 0.1) is 20.8 Å². The highest BCUT2D eigenvalue weighted by Crippen LogP contribution is 2.33. The number of thiophene rings is 1. The molecule has 1 amide bonds. The minimum atomic E-state index is -0.134. The van der Waals surface area contributed by atoms with Gasteiger partial charge >= 0.3 is 0 Å². The van der Waals surface area contributed by atoms with Crippen molar-refractivity contribution in [3.63, 3.8) is 0 Å². The van der Waals surface area contributed by atoms with Gasteiger partial charge in [0.2, 0.25) is 0 Å². The molecule has 0 unspecified atom stereocenters. The number of nitrogens with one attached hydrogen (secondary N) is 1. The lowest BCUT2D eigenvalue weighted by Crippen LogP contribution is -2.27. The first-order chi connectivity index (χ1) is 14.2. The number of rotatable bonds is 4. The number of para-hydroxylation sites is 2. The van der Waals surface area contributed by atoms with E-state index in [1.54, 1.807) is 0 Å². The van der Waals surface area contributed by atoms with Gasteiger partial charge in [0.05, 0.1) is 21.6 Å². The molecule has 0 saturated carbocycles. The predicted octanol–water partition coefficient (Wildman–Crippen LogP) is 4.69. The number of imidazole rings is 1. The van der Waals surface area contributed by atoms with E-state index in [1.807, 2.05) is 39.0 Å². The maximum atomic E-state index is 12.9. The average Bonchev–Trinajstić information content (AvgIpc) is 3.18. The molecule has 0 aliphatic rings. The summed E-state index contributed by atoms with van der Waals surface area (Å²) in [5.41, 5.74) is 3.81. The fourth-order valence-electron chi connectivity index (χ4n) is 3.73. The minimum Gasteiger partial charge on any atom is -0.350 e. The van der Waals surface area contributed by atoms with Crippen molar-refractivity contribution in [3.05, 3.63) is 52.0 Å². The van der Waals surface area contributed by atoms with Crippen LogP contribution in [0.25, 0.3) is 21.3 Å². The molecule has 3 aromatic heterocycles. The van der Waals surface area contributed by atoms with E-state index < -0.39 is 0 Å². The van der Waals surface area contributed by atoms with Crippen molar-refractivity contribution in [2.24, 2.45) is 0 Å². The summed E-state index contributed by atoms with van der Waals surface area (Å²) in [5.74, 6) is 1.70. The van der Waals surface area contributed by atoms with E-state index in [4.69, 9.17) is 9.97 Å². The van der Waals surface area contributed by atoms with Crippen molar-refractivity contribution in [1.29, 1.82) is 0 Å². The summed E-state index contributed by atoms with van der Waals surface area (Å²) in [7, 11) is 0. The summed E-state index contributed by atoms with van der Waals surface area (Å²) >= 11 is 1.45. The molecular formula is C23H27N5OS. The van der Waals surface area contributed by atoms with Crippen LogP contribution < -0.4 is 5.32 Å². The van der Waals surface area contributed by atoms with E-state index >= 15 is 0 Å². The van der Waals surface area contributed by atoms with Gasteiger partial charge < -0.3 is 9.88 Å². The molecule has 156 valence electrons. The molecule has 1 N–H and O–H groups in total. The minimum absolute atomic E-state index is 0.0608. The number of hydrogen-bond acceptors (Lipinski definition) is 5. The van der Waals surface area contributed by atoms with Gasteiger partial charge in [-0.25, -0.2) is 15.0 Å². The Balaban J connectivity index is 1.55. The number of benzene rings is 1. The second kappa shape index (κ2) is 7.47. The summed E-state index contributed by atoms with van der Waals surface area (Å²) in [6.45, 7) is 13.5. The zero-order valence-electron chi connectivity index (χ0n) is 18.3. The van der Waals surface area contributed by atoms with E-state index in [0.717, 1.165) is 44.2 Å². The molecule has 1 aromatic carbocycles. The number of carbonyl (C=O) groups excluding carboxylic acids is 1. The Morgan fingerprint density at radius 3 is 2.57 bits per heavy atom. The molecule has 0 bridgehead atoms. The molecule has 0 atom stereocenters. The topological polar surface area (TPSA) is 72.7 Å². The third-order valence-electron chi connectivity index (χ3n) is 5.31. The van der Waals surface area contributed by atoms with Crippen LogP contribution in [-0.2, 0) is 12.0 Å². The Labute approximate surface area is 180 Å². The van der Waals surface area contributed by atoms with Gasteiger partial charge in [0.25, 0.3) is 5.91 Å². The van der Waals surface area contributed by atoms with Crippen molar-refractivity contribution < 1.29 is 4.79 Å². The first kappa shape index (κ1) is 20.5. The monoisotopic (exact) mass is 421 g/mol. The molecule has 30 heavy (non-hydrogen) atoms. The van der Waals surface area contributed by atoms with Gasteiger partial charge in [0.15, 0.2) is 0 Å². The van der Waals surface area contributed by atoms with Gasteiger partial charge in [-0.15, -0.1) is 11.3 Å². The van der Waals surface area contributed by atoms with E-state index in [1.165, 1.54) is 11.3 Å². The van der Waals surface area contributed by atoms with E-state index in [0.29, 0.717) is 18.0 Å². The quantitative estimate of drug-likeness (QED) is 0.519. The van der Waals surface area contributed by atoms with Crippen LogP contribution in [-0.4, -0.2) is 32.0 Å². The largest absolute Gasteiger partial charge is 0.350 e. The van der Waals surface area contributed by atoms with Crippen molar-refractivity contribution in [2.45, 2.75) is 53.5 Å². The summed E-state index contributed by atoms with van der Waals surface area (Å²) in [6, 6.07) is 8.06. The van der Waals surface area contributed by atoms with Crippen molar-refractivity contribution in [1.82, 2.24) is 24.8 Å². The Bertz CT molecular complexity index is 1260. The smallest absolute Gasteiger partial charge is 0.261 e. The lowest BCUT2D eigenvalue weighted by molar-refractivity contribution is 0.0956. The third kappa shape index (κ3) is 3.58. The summed E-state index contributed by atoms with van der Waals surface area (Å²) in [5, 5.41) is 4.06. The first-order valence-electron chi connectivity index (χ1n) is 10.1. The number of amides is 1. The molecule has 0 fully saturated rings. The van der Waals surface area contributed by atoms with Crippen molar-refractivity contribution in [2.75, 3.05) is 6.54 Å². The van der Waals surface area contributed by atoms with E-state index in [2.05, 4.69) is 41.7 Å². The van der Waals surface area contributed by atoms with Gasteiger partial charge in [-0.3, -0.25) is 4.79 Å². The fourth-order valence-corrected chi connectivity index (χ4v) is 4.88. The fraction of sp³-hybridized carbons (Fsp3) is 0.391. The highest BCUT2D eigenvalue weighted by molar-refractivity contribution is 7.20. The number of fused-ring (bicyclic) bond motifs is 2. The molecular weight excluding hydrogens is 394 g/mol. The SMILES string of the molecule is Cc1nc(C(C)(C)C)nc2sc(C(=O)NCCn3c(C)nc4ccccc43)c(C)c12. The summed E-state index contributed by atoms with van der Waals surface area (Å²) < 4.78 is 2.14. The average molecular weight is 422 g/mol. The van der Waals surface area contributed by atoms with Gasteiger partial charge in [-0.1, -0.05) is 32.9 Å². The van der Waals surface area contributed by atoms with Crippen molar-refractivity contribution in [3.8, 4) is 0 Å². The van der Waals surface area contributed by atoms with E-state index in [9.17, 15) is 4.79 Å². The van der Waals surface area contributed by atoms with Crippen LogP contribution in [0.15, 0.2) is 24.3 Å². The maximum absolute atomic E-state index is 12.9. The zero-order valence-corrected chi connectivity index (χ0v) is 19.1. The van der Waals surface area contributed by atoms with Crippen LogP contribution in [0.3, 0.4) is 0 Å². The summed E-state index contributed by atoms with van der Waals surface area (Å²) in [4.78, 5) is 28.6. The first-order valence-corrected chi connectivity index (χ1v) is 11.0. The van der Waals surface area contributed by atoms with Crippen LogP contribution >= 0.6 is 11.3 Å². The second-order valence-electron chi connectivity index (χ2n) is 8.67. The van der Waals surface area contributed by atoms with Crippen molar-refractivity contribution >= 4 is 38.5 Å². The lowest BCUT2D eigenvalue weighted by Gasteiger charge is -2.16. The van der Waals surface area contributed by atoms with Crippen LogP contribution in [0.5, 0.6) is 0 Å². The highest BCUT2D eigenvalue weighted by Gasteiger charge is 2.23. The predicted molar refractivity (Wildman–Crippen MR) is 122 cm³/mol. The Kier molecular flexibility index (Phi) is 5.10. The number of hydrogen-bond donors (Lipinski definition) is 1. The maximum Gasteiger partial charge on any atom is 0.261 e. The van der Waals surface area contributed by atoms with E-state index in [-0.39, 0.29) is 11.3 Å². The zero-order chi connectivity index (χ0) is 21.6. The van der Waals surface area contributed by atoms with Crippen LogP contribution in [0.1, 0.15) is 53.3 Å². The highest BCUT2D eigenvalue weighted by atomic mass is 32.1. The number of nitrogens with zero attached hydrogens (tertiary/aromatic N) is 4. The van der Waals surface area contributed by atoms with Gasteiger partial charge in [0, 0.05) is 23.9 Å². The number of carbonyl (C=O) groups is 1. The molecule has 3 heterocycles. The lowest BCUT2D eigenvalue weighted by atomic mass is 9.95. The molecule has 4 rings (SSSR count). The van der Waals surface area contributed by atoms with Crippen LogP contribution in [0.2, 0.25) is 0 Å². The Morgan fingerprint density at radius 2 is 1.83 bits per heavy atom. The summed E-state index contributed by atoms with van der Waals surface area (Å²) in [6.07, 6.45) is 0. The van der Waals surface area contributed by atoms with Gasteiger partial charge in [-0.2, -0.15) is 0 Å². The molecule has 0 saturated heterocycles. The Morgan fingerprint density at radius 1 is 1.10 bits per heavy atom. The standard InChI is InChI=1S/C23H27N5OS/c1-13-18-14(2)25-22(23(4,5)6)27-21(18)30-19(13)20(29)24-11-12-28-15(3)26-16-9-7-8-10-17(16)28/h7-10H,11-12H2,1-6H3,(H,24,29). The van der Waals surface area contributed by atoms with Crippen LogP contribution in [0.4, 0.5) is 0 Å². The molecule has 0 aliphatic carbocycles. The number of aryl methyl sites for hydroxylation is 3. The Hall–Kier alpha value is -2.80. The molecule has 0 spiro atoms. The normalized spacial score (nSPS) is 12.1. The molecule has 7 heteroatoms. The molecule has 6 nitrogen and oxygen atoms in total. The van der Waals surface area contributed by atoms with Gasteiger partial charge in [-0.05, 0) is 38.5 Å². The third-order valence-corrected chi connectivity index (χ3v) is 6.50. The van der Waals surface area contributed by atoms with Gasteiger partial charge in [0.1, 0.15) is 16.5 Å². The number of aromatic nitrogens is 4.